The summed E-state index contributed by atoms with van der Waals surface area (Å²) in [4.78, 5) is 7.55. The Labute approximate surface area is 160 Å². The minimum atomic E-state index is -0.864. The number of thiazole rings is 1. The van der Waals surface area contributed by atoms with E-state index in [0.29, 0.717) is 6.54 Å². The normalized spacial score (nSPS) is 20.7. The third kappa shape index (κ3) is 3.23. The molecule has 0 radical (unpaired) electrons. The maximum Gasteiger partial charge on any atom is 0.133 e. The number of anilines is 1. The molecule has 2 aromatic heterocycles. The lowest BCUT2D eigenvalue weighted by molar-refractivity contribution is 0.149. The molecule has 3 heterocycles. The number of halogens is 1. The number of thiophene rings is 1. The second-order valence-electron chi connectivity index (χ2n) is 6.55. The molecule has 1 fully saturated rings. The van der Waals surface area contributed by atoms with Crippen molar-refractivity contribution < 1.29 is 4.39 Å². The molecule has 2 atom stereocenters. The molecule has 1 aliphatic heterocycles. The third-order valence-corrected chi connectivity index (χ3v) is 6.47. The molecule has 1 aromatic carbocycles. The number of nitrogens with zero attached hydrogens (tertiary/aromatic N) is 2. The second-order valence-corrected chi connectivity index (χ2v) is 8.29. The fourth-order valence-electron chi connectivity index (χ4n) is 3.44. The van der Waals surface area contributed by atoms with Crippen molar-refractivity contribution >= 4 is 38.4 Å². The molecule has 0 saturated carbocycles. The van der Waals surface area contributed by atoms with Crippen LogP contribution in [0.15, 0.2) is 29.1 Å². The monoisotopic (exact) mass is 385 g/mol. The Kier molecular flexibility index (Phi) is 4.94. The summed E-state index contributed by atoms with van der Waals surface area (Å²) in [7, 11) is 1.97. The smallest absolute Gasteiger partial charge is 0.133 e. The molecule has 0 bridgehead atoms. The first-order valence-electron chi connectivity index (χ1n) is 8.63. The summed E-state index contributed by atoms with van der Waals surface area (Å²) in [6.07, 6.45) is -0.0584. The lowest BCUT2D eigenvalue weighted by Gasteiger charge is -2.33. The van der Waals surface area contributed by atoms with Crippen molar-refractivity contribution in [1.82, 2.24) is 9.88 Å². The van der Waals surface area contributed by atoms with Crippen LogP contribution < -0.4 is 5.32 Å². The minimum absolute atomic E-state index is 0.151. The third-order valence-electron chi connectivity index (χ3n) is 4.73. The standard InChI is InChI=1S/C20H20FN3S2/c1-3-5-18-19(17-11-25-12-22-17)13-6-4-7-16(20(13)26-18)23-15-8-9-24(2)10-14(15)21/h4,6-7,11-12,14-15,23H,8-10H2,1-2H3/t14-,15+/m0/s1. The van der Waals surface area contributed by atoms with Gasteiger partial charge in [0.05, 0.1) is 32.5 Å². The van der Waals surface area contributed by atoms with Gasteiger partial charge in [-0.15, -0.1) is 28.6 Å². The molecule has 1 saturated heterocycles. The molecular formula is C20H20FN3S2. The van der Waals surface area contributed by atoms with Crippen LogP contribution in [0.25, 0.3) is 21.3 Å². The van der Waals surface area contributed by atoms with Crippen molar-refractivity contribution in [3.8, 4) is 23.1 Å². The zero-order valence-corrected chi connectivity index (χ0v) is 16.4. The van der Waals surface area contributed by atoms with E-state index >= 15 is 0 Å². The van der Waals surface area contributed by atoms with E-state index in [4.69, 9.17) is 0 Å². The molecule has 6 heteroatoms. The van der Waals surface area contributed by atoms with E-state index in [1.165, 1.54) is 0 Å². The molecule has 3 aromatic rings. The van der Waals surface area contributed by atoms with Gasteiger partial charge in [0.25, 0.3) is 0 Å². The Bertz CT molecular complexity index is 968. The minimum Gasteiger partial charge on any atom is -0.378 e. The number of fused-ring (bicyclic) bond motifs is 1. The molecule has 0 aliphatic carbocycles. The SMILES string of the molecule is CC#Cc1sc2c(N[C@@H]3CCN(C)C[C@@H]3F)cccc2c1-c1cscn1. The molecule has 0 spiro atoms. The Balaban J connectivity index is 1.77. The zero-order valence-electron chi connectivity index (χ0n) is 14.8. The lowest BCUT2D eigenvalue weighted by Crippen LogP contribution is -2.46. The summed E-state index contributed by atoms with van der Waals surface area (Å²) in [6.45, 7) is 3.24. The Morgan fingerprint density at radius 3 is 3.00 bits per heavy atom. The summed E-state index contributed by atoms with van der Waals surface area (Å²) in [5, 5.41) is 6.65. The Morgan fingerprint density at radius 1 is 1.38 bits per heavy atom. The van der Waals surface area contributed by atoms with Gasteiger partial charge in [-0.1, -0.05) is 18.1 Å². The van der Waals surface area contributed by atoms with Crippen LogP contribution >= 0.6 is 22.7 Å². The van der Waals surface area contributed by atoms with Crippen molar-refractivity contribution in [1.29, 1.82) is 0 Å². The van der Waals surface area contributed by atoms with E-state index in [2.05, 4.69) is 33.6 Å². The van der Waals surface area contributed by atoms with Gasteiger partial charge >= 0.3 is 0 Å². The summed E-state index contributed by atoms with van der Waals surface area (Å²) < 4.78 is 15.6. The number of piperidine rings is 1. The van der Waals surface area contributed by atoms with Crippen LogP contribution in [0.5, 0.6) is 0 Å². The van der Waals surface area contributed by atoms with Gasteiger partial charge in [0.1, 0.15) is 6.17 Å². The highest BCUT2D eigenvalue weighted by Crippen LogP contribution is 2.42. The average Bonchev–Trinajstić information content (AvgIpc) is 3.25. The van der Waals surface area contributed by atoms with E-state index < -0.39 is 6.17 Å². The van der Waals surface area contributed by atoms with Crippen LogP contribution in [0.4, 0.5) is 10.1 Å². The lowest BCUT2D eigenvalue weighted by atomic mass is 10.0. The number of benzene rings is 1. The van der Waals surface area contributed by atoms with Crippen molar-refractivity contribution in [3.63, 3.8) is 0 Å². The number of nitrogens with one attached hydrogen (secondary N) is 1. The molecule has 26 heavy (non-hydrogen) atoms. The number of rotatable bonds is 3. The van der Waals surface area contributed by atoms with Gasteiger partial charge in [-0.05, 0) is 26.5 Å². The summed E-state index contributed by atoms with van der Waals surface area (Å²) in [5.74, 6) is 6.23. The molecule has 0 unspecified atom stereocenters. The number of likely N-dealkylation sites (tertiary alicyclic amines) is 1. The van der Waals surface area contributed by atoms with Crippen LogP contribution in [0.1, 0.15) is 18.2 Å². The van der Waals surface area contributed by atoms with Crippen LogP contribution in [-0.4, -0.2) is 42.2 Å². The maximum absolute atomic E-state index is 14.5. The number of hydrogen-bond acceptors (Lipinski definition) is 5. The van der Waals surface area contributed by atoms with Crippen molar-refractivity contribution in [2.75, 3.05) is 25.5 Å². The van der Waals surface area contributed by atoms with Gasteiger partial charge in [-0.25, -0.2) is 9.37 Å². The fraction of sp³-hybridized carbons (Fsp3) is 0.350. The molecule has 0 amide bonds. The first kappa shape index (κ1) is 17.5. The van der Waals surface area contributed by atoms with E-state index in [1.54, 1.807) is 22.7 Å². The quantitative estimate of drug-likeness (QED) is 0.653. The van der Waals surface area contributed by atoms with E-state index in [0.717, 1.165) is 44.9 Å². The summed E-state index contributed by atoms with van der Waals surface area (Å²) in [6, 6.07) is 6.02. The molecular weight excluding hydrogens is 365 g/mol. The van der Waals surface area contributed by atoms with Gasteiger partial charge in [0.15, 0.2) is 0 Å². The molecule has 134 valence electrons. The Morgan fingerprint density at radius 2 is 2.27 bits per heavy atom. The highest BCUT2D eigenvalue weighted by atomic mass is 32.1. The van der Waals surface area contributed by atoms with E-state index in [9.17, 15) is 4.39 Å². The van der Waals surface area contributed by atoms with Crippen molar-refractivity contribution in [3.05, 3.63) is 34.0 Å². The van der Waals surface area contributed by atoms with Gasteiger partial charge in [-0.2, -0.15) is 0 Å². The topological polar surface area (TPSA) is 28.2 Å². The van der Waals surface area contributed by atoms with E-state index in [1.807, 2.05) is 36.5 Å². The predicted molar refractivity (Wildman–Crippen MR) is 110 cm³/mol. The van der Waals surface area contributed by atoms with E-state index in [-0.39, 0.29) is 6.04 Å². The van der Waals surface area contributed by atoms with Gasteiger partial charge in [0.2, 0.25) is 0 Å². The summed E-state index contributed by atoms with van der Waals surface area (Å²) >= 11 is 3.24. The zero-order chi connectivity index (χ0) is 18.1. The van der Waals surface area contributed by atoms with Crippen LogP contribution in [-0.2, 0) is 0 Å². The van der Waals surface area contributed by atoms with Gasteiger partial charge in [0, 0.05) is 29.4 Å². The molecule has 3 nitrogen and oxygen atoms in total. The highest BCUT2D eigenvalue weighted by Gasteiger charge is 2.28. The second kappa shape index (κ2) is 7.36. The predicted octanol–water partition coefficient (Wildman–Crippen LogP) is 4.85. The largest absolute Gasteiger partial charge is 0.378 e. The maximum atomic E-state index is 14.5. The molecule has 1 N–H and O–H groups in total. The van der Waals surface area contributed by atoms with Crippen LogP contribution in [0.3, 0.4) is 0 Å². The highest BCUT2D eigenvalue weighted by molar-refractivity contribution is 7.21. The van der Waals surface area contributed by atoms with Gasteiger partial charge in [-0.3, -0.25) is 0 Å². The van der Waals surface area contributed by atoms with Crippen molar-refractivity contribution in [2.45, 2.75) is 25.6 Å². The fourth-order valence-corrected chi connectivity index (χ4v) is 5.18. The summed E-state index contributed by atoms with van der Waals surface area (Å²) in [5.41, 5.74) is 4.88. The molecule has 1 aliphatic rings. The van der Waals surface area contributed by atoms with Gasteiger partial charge < -0.3 is 10.2 Å². The Hall–Kier alpha value is -1.94. The number of hydrogen-bond donors (Lipinski definition) is 1. The molecule has 4 rings (SSSR count). The first-order chi connectivity index (χ1) is 12.7. The van der Waals surface area contributed by atoms with Crippen molar-refractivity contribution in [2.24, 2.45) is 0 Å². The first-order valence-corrected chi connectivity index (χ1v) is 10.4. The number of alkyl halides is 1. The average molecular weight is 386 g/mol. The van der Waals surface area contributed by atoms with Crippen LogP contribution in [0, 0.1) is 11.8 Å². The van der Waals surface area contributed by atoms with Crippen LogP contribution in [0.2, 0.25) is 0 Å². The number of aromatic nitrogens is 1.